The first-order chi connectivity index (χ1) is 14.6. The molecule has 4 atom stereocenters. The van der Waals surface area contributed by atoms with E-state index in [0.29, 0.717) is 5.69 Å². The Labute approximate surface area is 186 Å². The molecule has 4 nitrogen and oxygen atoms in total. The molecule has 1 aromatic heterocycles. The topological polar surface area (TPSA) is 50.3 Å². The monoisotopic (exact) mass is 452 g/mol. The van der Waals surface area contributed by atoms with Gasteiger partial charge in [-0.1, -0.05) is 47.6 Å². The van der Waals surface area contributed by atoms with Gasteiger partial charge in [0.1, 0.15) is 0 Å². The molecule has 7 heteroatoms. The Morgan fingerprint density at radius 3 is 2.43 bits per heavy atom. The van der Waals surface area contributed by atoms with Gasteiger partial charge in [-0.05, 0) is 54.2 Å². The van der Waals surface area contributed by atoms with Crippen LogP contribution < -0.4 is 4.90 Å². The molecule has 0 N–H and O–H groups in total. The molecule has 2 amide bonds. The van der Waals surface area contributed by atoms with E-state index >= 15 is 0 Å². The van der Waals surface area contributed by atoms with Crippen molar-refractivity contribution in [2.24, 2.45) is 23.7 Å². The first-order valence-electron chi connectivity index (χ1n) is 9.92. The van der Waals surface area contributed by atoms with Crippen molar-refractivity contribution in [1.82, 2.24) is 4.98 Å². The van der Waals surface area contributed by atoms with E-state index < -0.39 is 0 Å². The minimum Gasteiger partial charge on any atom is -0.274 e. The largest absolute Gasteiger partial charge is 0.274 e. The number of fused-ring (bicyclic) bond motifs is 6. The van der Waals surface area contributed by atoms with Gasteiger partial charge in [0.2, 0.25) is 11.8 Å². The zero-order chi connectivity index (χ0) is 20.4. The lowest BCUT2D eigenvalue weighted by Gasteiger charge is -2.17. The van der Waals surface area contributed by atoms with Crippen molar-refractivity contribution in [3.8, 4) is 0 Å². The predicted octanol–water partition coefficient (Wildman–Crippen LogP) is 5.55. The maximum Gasteiger partial charge on any atom is 0.238 e. The number of halogens is 1. The number of carbonyl (C=O) groups is 2. The Bertz CT molecular complexity index is 1190. The molecule has 1 saturated carbocycles. The number of thioether (sulfide) groups is 1. The van der Waals surface area contributed by atoms with Crippen molar-refractivity contribution in [1.29, 1.82) is 0 Å². The summed E-state index contributed by atoms with van der Waals surface area (Å²) in [4.78, 5) is 32.2. The average Bonchev–Trinajstić information content (AvgIpc) is 3.50. The summed E-state index contributed by atoms with van der Waals surface area (Å²) in [5.74, 6) is 0.844. The van der Waals surface area contributed by atoms with Crippen molar-refractivity contribution in [3.05, 3.63) is 65.2 Å². The maximum absolute atomic E-state index is 13.1. The van der Waals surface area contributed by atoms with Crippen LogP contribution in [0.1, 0.15) is 12.0 Å². The van der Waals surface area contributed by atoms with E-state index in [1.165, 1.54) is 10.5 Å². The number of rotatable bonds is 4. The number of imide groups is 1. The molecule has 1 saturated heterocycles. The van der Waals surface area contributed by atoms with Crippen LogP contribution in [0.3, 0.4) is 0 Å². The minimum absolute atomic E-state index is 0.0388. The number of nitrogens with zero attached hydrogens (tertiary/aromatic N) is 2. The molecule has 150 valence electrons. The highest BCUT2D eigenvalue weighted by Gasteiger charge is 2.59. The van der Waals surface area contributed by atoms with Gasteiger partial charge < -0.3 is 0 Å². The van der Waals surface area contributed by atoms with Crippen LogP contribution in [-0.2, 0) is 15.3 Å². The van der Waals surface area contributed by atoms with E-state index in [1.807, 2.05) is 42.5 Å². The van der Waals surface area contributed by atoms with Crippen LogP contribution in [0, 0.1) is 23.7 Å². The van der Waals surface area contributed by atoms with Gasteiger partial charge in [-0.25, -0.2) is 9.88 Å². The highest BCUT2D eigenvalue weighted by Crippen LogP contribution is 2.53. The molecule has 2 aromatic carbocycles. The number of hydrogen-bond donors (Lipinski definition) is 0. The number of carbonyl (C=O) groups excluding carboxylic acids is 2. The first-order valence-corrected chi connectivity index (χ1v) is 12.1. The van der Waals surface area contributed by atoms with Crippen molar-refractivity contribution in [2.75, 3.05) is 4.90 Å². The van der Waals surface area contributed by atoms with Crippen LogP contribution in [0.25, 0.3) is 10.2 Å². The van der Waals surface area contributed by atoms with E-state index in [1.54, 1.807) is 23.1 Å². The zero-order valence-electron chi connectivity index (χ0n) is 15.8. The summed E-state index contributed by atoms with van der Waals surface area (Å²) in [5, 5.41) is 0.732. The molecule has 2 bridgehead atoms. The molecule has 3 aromatic rings. The fourth-order valence-corrected chi connectivity index (χ4v) is 7.16. The first kappa shape index (κ1) is 18.6. The number of benzene rings is 2. The quantitative estimate of drug-likeness (QED) is 0.295. The van der Waals surface area contributed by atoms with Crippen LogP contribution in [0.4, 0.5) is 5.69 Å². The van der Waals surface area contributed by atoms with Gasteiger partial charge in [0.25, 0.3) is 0 Å². The van der Waals surface area contributed by atoms with Crippen LogP contribution in [0.2, 0.25) is 5.02 Å². The van der Waals surface area contributed by atoms with Gasteiger partial charge >= 0.3 is 0 Å². The standard InChI is InChI=1S/C23H17ClN2O2S2/c24-15-5-1-12(2-6-15)11-29-23-25-17-8-7-16(10-18(17)30-23)26-21(27)19-13-3-4-14(9-13)20(19)22(26)28/h1-8,10,13-14,19-20H,9,11H2/t13-,14-,19-,20-/m0/s1. The molecule has 0 spiro atoms. The third-order valence-corrected chi connectivity index (χ3v) is 8.84. The van der Waals surface area contributed by atoms with Crippen LogP contribution in [-0.4, -0.2) is 16.8 Å². The highest BCUT2D eigenvalue weighted by molar-refractivity contribution is 8.00. The summed E-state index contributed by atoms with van der Waals surface area (Å²) in [6, 6.07) is 13.5. The molecule has 0 unspecified atom stereocenters. The summed E-state index contributed by atoms with van der Waals surface area (Å²) in [6.45, 7) is 0. The zero-order valence-corrected chi connectivity index (χ0v) is 18.2. The number of allylic oxidation sites excluding steroid dienone is 2. The van der Waals surface area contributed by atoms with Crippen molar-refractivity contribution >= 4 is 62.4 Å². The molecule has 2 aliphatic carbocycles. The lowest BCUT2D eigenvalue weighted by atomic mass is 9.85. The van der Waals surface area contributed by atoms with Crippen molar-refractivity contribution in [3.63, 3.8) is 0 Å². The Morgan fingerprint density at radius 1 is 1.03 bits per heavy atom. The van der Waals surface area contributed by atoms with E-state index in [2.05, 4.69) is 12.2 Å². The van der Waals surface area contributed by atoms with Gasteiger partial charge in [0.05, 0.1) is 27.7 Å². The van der Waals surface area contributed by atoms with E-state index in [0.717, 1.165) is 31.8 Å². The molecule has 0 radical (unpaired) electrons. The summed E-state index contributed by atoms with van der Waals surface area (Å²) < 4.78 is 1.96. The summed E-state index contributed by atoms with van der Waals surface area (Å²) in [6.07, 6.45) is 5.19. The van der Waals surface area contributed by atoms with Crippen LogP contribution >= 0.6 is 34.7 Å². The molecular formula is C23H17ClN2O2S2. The molecule has 2 heterocycles. The van der Waals surface area contributed by atoms with E-state index in [-0.39, 0.29) is 35.5 Å². The lowest BCUT2D eigenvalue weighted by Crippen LogP contribution is -2.32. The summed E-state index contributed by atoms with van der Waals surface area (Å²) in [5.41, 5.74) is 2.75. The van der Waals surface area contributed by atoms with Crippen LogP contribution in [0.5, 0.6) is 0 Å². The Hall–Kier alpha value is -2.15. The SMILES string of the molecule is O=C1[C@@H]2[C@@H](C(=O)N1c1ccc3nc(SCc4ccc(Cl)cc4)sc3c1)[C@H]1C=C[C@H]2C1. The van der Waals surface area contributed by atoms with Gasteiger partial charge in [0, 0.05) is 10.8 Å². The molecule has 3 aliphatic rings. The Kier molecular flexibility index (Phi) is 4.30. The van der Waals surface area contributed by atoms with E-state index in [9.17, 15) is 9.59 Å². The highest BCUT2D eigenvalue weighted by atomic mass is 35.5. The fourth-order valence-electron chi connectivity index (χ4n) is 4.98. The van der Waals surface area contributed by atoms with Gasteiger partial charge in [0.15, 0.2) is 4.34 Å². The summed E-state index contributed by atoms with van der Waals surface area (Å²) >= 11 is 9.22. The molecule has 6 rings (SSSR count). The van der Waals surface area contributed by atoms with Gasteiger partial charge in [-0.3, -0.25) is 9.59 Å². The molecule has 2 fully saturated rings. The van der Waals surface area contributed by atoms with Crippen molar-refractivity contribution in [2.45, 2.75) is 16.5 Å². The predicted molar refractivity (Wildman–Crippen MR) is 121 cm³/mol. The number of thiazole rings is 1. The lowest BCUT2D eigenvalue weighted by molar-refractivity contribution is -0.123. The Balaban J connectivity index is 1.25. The average molecular weight is 453 g/mol. The molecule has 1 aliphatic heterocycles. The van der Waals surface area contributed by atoms with E-state index in [4.69, 9.17) is 16.6 Å². The number of amides is 2. The molecular weight excluding hydrogens is 436 g/mol. The third kappa shape index (κ3) is 2.85. The second-order valence-electron chi connectivity index (χ2n) is 8.06. The number of aromatic nitrogens is 1. The smallest absolute Gasteiger partial charge is 0.238 e. The maximum atomic E-state index is 13.1. The van der Waals surface area contributed by atoms with Crippen LogP contribution in [0.15, 0.2) is 59.0 Å². The number of anilines is 1. The van der Waals surface area contributed by atoms with Crippen molar-refractivity contribution < 1.29 is 9.59 Å². The minimum atomic E-state index is -0.171. The second kappa shape index (κ2) is 6.94. The van der Waals surface area contributed by atoms with Gasteiger partial charge in [-0.2, -0.15) is 0 Å². The normalized spacial score (nSPS) is 26.9. The fraction of sp³-hybridized carbons (Fsp3) is 0.261. The Morgan fingerprint density at radius 2 is 1.73 bits per heavy atom. The third-order valence-electron chi connectivity index (χ3n) is 6.36. The van der Waals surface area contributed by atoms with Gasteiger partial charge in [-0.15, -0.1) is 11.3 Å². The second-order valence-corrected chi connectivity index (χ2v) is 10.7. The molecule has 30 heavy (non-hydrogen) atoms. The number of hydrogen-bond acceptors (Lipinski definition) is 5. The summed E-state index contributed by atoms with van der Waals surface area (Å²) in [7, 11) is 0.